The second-order valence-electron chi connectivity index (χ2n) is 11.0. The van der Waals surface area contributed by atoms with Crippen LogP contribution in [0, 0.1) is 5.92 Å². The molecule has 4 rings (SSSR count). The van der Waals surface area contributed by atoms with Gasteiger partial charge in [-0.05, 0) is 101 Å². The first kappa shape index (κ1) is 28.2. The number of carbonyl (C=O) groups excluding carboxylic acids is 3. The van der Waals surface area contributed by atoms with E-state index in [-0.39, 0.29) is 23.5 Å². The molecular weight excluding hydrogens is 474 g/mol. The van der Waals surface area contributed by atoms with Gasteiger partial charge in [-0.3, -0.25) is 19.3 Å². The quantitative estimate of drug-likeness (QED) is 0.275. The van der Waals surface area contributed by atoms with Crippen LogP contribution in [0.5, 0.6) is 0 Å². The van der Waals surface area contributed by atoms with Gasteiger partial charge in [-0.1, -0.05) is 31.2 Å². The highest BCUT2D eigenvalue weighted by Gasteiger charge is 2.30. The van der Waals surface area contributed by atoms with Crippen molar-refractivity contribution in [2.45, 2.75) is 90.5 Å². The molecule has 0 aliphatic carbocycles. The number of pyridine rings is 1. The van der Waals surface area contributed by atoms with Crippen LogP contribution in [-0.2, 0) is 28.9 Å². The van der Waals surface area contributed by atoms with Gasteiger partial charge >= 0.3 is 0 Å². The van der Waals surface area contributed by atoms with E-state index in [2.05, 4.69) is 22.3 Å². The molecule has 2 aromatic rings. The molecule has 6 nitrogen and oxygen atoms in total. The van der Waals surface area contributed by atoms with Crippen LogP contribution in [0.15, 0.2) is 36.4 Å². The van der Waals surface area contributed by atoms with E-state index in [0.717, 1.165) is 87.2 Å². The number of fused-ring (bicyclic) bond motifs is 1. The summed E-state index contributed by atoms with van der Waals surface area (Å²) >= 11 is 0. The van der Waals surface area contributed by atoms with Crippen molar-refractivity contribution < 1.29 is 14.4 Å². The lowest BCUT2D eigenvalue weighted by molar-refractivity contribution is -0.126. The Bertz CT molecular complexity index is 1120. The number of benzene rings is 1. The first-order valence-electron chi connectivity index (χ1n) is 14.6. The van der Waals surface area contributed by atoms with Gasteiger partial charge in [0.2, 0.25) is 0 Å². The van der Waals surface area contributed by atoms with Gasteiger partial charge in [0.05, 0.1) is 6.04 Å². The SMILES string of the molecule is CCCC(=O)c1cccc(CC(C(C)=O)N2CCC(C(=O)CCCCc3ccc4c(n3)NCCC4)CC2)c1. The third kappa shape index (κ3) is 7.59. The van der Waals surface area contributed by atoms with Crippen molar-refractivity contribution in [2.75, 3.05) is 25.0 Å². The van der Waals surface area contributed by atoms with E-state index in [0.29, 0.717) is 25.0 Å². The van der Waals surface area contributed by atoms with Crippen LogP contribution < -0.4 is 5.32 Å². The first-order chi connectivity index (χ1) is 18.4. The molecule has 0 bridgehead atoms. The molecule has 0 amide bonds. The number of carbonyl (C=O) groups is 3. The number of anilines is 1. The lowest BCUT2D eigenvalue weighted by Gasteiger charge is -2.36. The standard InChI is InChI=1S/C32H43N3O3/c1-3-8-30(37)27-10-6-9-24(21-27)22-29(23(2)36)35-19-16-25(17-20-35)31(38)13-5-4-12-28-15-14-26-11-7-18-33-32(26)34-28/h6,9-10,14-15,21,25,29H,3-5,7-8,11-13,16-20,22H2,1-2H3,(H,33,34). The number of hydrogen-bond acceptors (Lipinski definition) is 6. The van der Waals surface area contributed by atoms with Crippen LogP contribution in [0.4, 0.5) is 5.82 Å². The molecule has 1 unspecified atom stereocenters. The second-order valence-corrected chi connectivity index (χ2v) is 11.0. The van der Waals surface area contributed by atoms with Gasteiger partial charge in [0.25, 0.3) is 0 Å². The molecule has 3 heterocycles. The molecule has 1 saturated heterocycles. The van der Waals surface area contributed by atoms with E-state index in [4.69, 9.17) is 4.98 Å². The Morgan fingerprint density at radius 2 is 1.89 bits per heavy atom. The van der Waals surface area contributed by atoms with Crippen molar-refractivity contribution in [3.05, 3.63) is 58.8 Å². The number of hydrogen-bond donors (Lipinski definition) is 1. The predicted octanol–water partition coefficient (Wildman–Crippen LogP) is 5.62. The summed E-state index contributed by atoms with van der Waals surface area (Å²) in [5.41, 5.74) is 4.17. The number of ketones is 3. The monoisotopic (exact) mass is 517 g/mol. The van der Waals surface area contributed by atoms with Crippen LogP contribution in [0.3, 0.4) is 0 Å². The number of Topliss-reactive ketones (excluding diaryl/α,β-unsaturated/α-hetero) is 3. The molecule has 0 spiro atoms. The van der Waals surface area contributed by atoms with E-state index in [1.54, 1.807) is 6.92 Å². The van der Waals surface area contributed by atoms with Crippen LogP contribution in [0.1, 0.15) is 92.4 Å². The summed E-state index contributed by atoms with van der Waals surface area (Å²) < 4.78 is 0. The fraction of sp³-hybridized carbons (Fsp3) is 0.562. The number of unbranched alkanes of at least 4 members (excludes halogenated alkanes) is 1. The van der Waals surface area contributed by atoms with Crippen molar-refractivity contribution >= 4 is 23.2 Å². The van der Waals surface area contributed by atoms with E-state index >= 15 is 0 Å². The number of aryl methyl sites for hydroxylation is 2. The first-order valence-corrected chi connectivity index (χ1v) is 14.6. The van der Waals surface area contributed by atoms with Crippen molar-refractivity contribution in [2.24, 2.45) is 5.92 Å². The Balaban J connectivity index is 1.22. The van der Waals surface area contributed by atoms with E-state index in [9.17, 15) is 14.4 Å². The Morgan fingerprint density at radius 1 is 1.08 bits per heavy atom. The number of nitrogens with one attached hydrogen (secondary N) is 1. The fourth-order valence-corrected chi connectivity index (χ4v) is 5.85. The number of piperidine rings is 1. The third-order valence-electron chi connectivity index (χ3n) is 8.11. The van der Waals surface area contributed by atoms with Gasteiger partial charge in [0.1, 0.15) is 17.4 Å². The topological polar surface area (TPSA) is 79.4 Å². The maximum Gasteiger partial charge on any atom is 0.162 e. The fourth-order valence-electron chi connectivity index (χ4n) is 5.85. The number of likely N-dealkylation sites (tertiary alicyclic amines) is 1. The lowest BCUT2D eigenvalue weighted by Crippen LogP contribution is -2.47. The van der Waals surface area contributed by atoms with Gasteiger partial charge < -0.3 is 5.32 Å². The molecule has 2 aliphatic heterocycles. The van der Waals surface area contributed by atoms with Crippen LogP contribution in [-0.4, -0.2) is 52.9 Å². The zero-order valence-corrected chi connectivity index (χ0v) is 23.1. The molecule has 6 heteroatoms. The summed E-state index contributed by atoms with van der Waals surface area (Å²) in [4.78, 5) is 44.8. The van der Waals surface area contributed by atoms with E-state index in [1.165, 1.54) is 12.0 Å². The highest BCUT2D eigenvalue weighted by molar-refractivity contribution is 5.96. The summed E-state index contributed by atoms with van der Waals surface area (Å²) in [5.74, 6) is 1.80. The minimum Gasteiger partial charge on any atom is -0.370 e. The molecule has 204 valence electrons. The summed E-state index contributed by atoms with van der Waals surface area (Å²) in [6.45, 7) is 6.19. The van der Waals surface area contributed by atoms with Crippen molar-refractivity contribution in [3.8, 4) is 0 Å². The highest BCUT2D eigenvalue weighted by Crippen LogP contribution is 2.25. The summed E-state index contributed by atoms with van der Waals surface area (Å²) in [7, 11) is 0. The van der Waals surface area contributed by atoms with Gasteiger partial charge in [-0.15, -0.1) is 0 Å². The van der Waals surface area contributed by atoms with E-state index in [1.807, 2.05) is 31.2 Å². The average molecular weight is 518 g/mol. The van der Waals surface area contributed by atoms with Gasteiger partial charge in [0, 0.05) is 36.6 Å². The summed E-state index contributed by atoms with van der Waals surface area (Å²) in [6, 6.07) is 11.8. The molecule has 2 aliphatic rings. The Labute approximate surface area is 227 Å². The van der Waals surface area contributed by atoms with E-state index < -0.39 is 0 Å². The molecule has 1 aromatic heterocycles. The number of rotatable bonds is 13. The normalized spacial score (nSPS) is 16.9. The predicted molar refractivity (Wildman–Crippen MR) is 152 cm³/mol. The summed E-state index contributed by atoms with van der Waals surface area (Å²) in [6.07, 6.45) is 9.29. The zero-order valence-electron chi connectivity index (χ0n) is 23.1. The molecular formula is C32H43N3O3. The van der Waals surface area contributed by atoms with Crippen molar-refractivity contribution in [1.82, 2.24) is 9.88 Å². The lowest BCUT2D eigenvalue weighted by atomic mass is 9.88. The molecule has 1 atom stereocenters. The Hall–Kier alpha value is -2.86. The van der Waals surface area contributed by atoms with Crippen molar-refractivity contribution in [1.29, 1.82) is 0 Å². The van der Waals surface area contributed by atoms with Crippen LogP contribution in [0.2, 0.25) is 0 Å². The number of aromatic nitrogens is 1. The highest BCUT2D eigenvalue weighted by atomic mass is 16.1. The zero-order chi connectivity index (χ0) is 26.9. The average Bonchev–Trinajstić information content (AvgIpc) is 2.94. The molecule has 38 heavy (non-hydrogen) atoms. The second kappa shape index (κ2) is 13.8. The largest absolute Gasteiger partial charge is 0.370 e. The third-order valence-corrected chi connectivity index (χ3v) is 8.11. The Morgan fingerprint density at radius 3 is 2.66 bits per heavy atom. The molecule has 1 N–H and O–H groups in total. The maximum atomic E-state index is 12.9. The smallest absolute Gasteiger partial charge is 0.162 e. The van der Waals surface area contributed by atoms with Crippen LogP contribution >= 0.6 is 0 Å². The molecule has 0 radical (unpaired) electrons. The van der Waals surface area contributed by atoms with Gasteiger partial charge in [-0.2, -0.15) is 0 Å². The minimum absolute atomic E-state index is 0.0971. The van der Waals surface area contributed by atoms with Gasteiger partial charge in [-0.25, -0.2) is 4.98 Å². The minimum atomic E-state index is -0.207. The summed E-state index contributed by atoms with van der Waals surface area (Å²) in [5, 5.41) is 3.39. The molecule has 0 saturated carbocycles. The maximum absolute atomic E-state index is 12.9. The van der Waals surface area contributed by atoms with Gasteiger partial charge in [0.15, 0.2) is 5.78 Å². The number of nitrogens with zero attached hydrogens (tertiary/aromatic N) is 2. The van der Waals surface area contributed by atoms with Crippen LogP contribution in [0.25, 0.3) is 0 Å². The molecule has 1 aromatic carbocycles. The van der Waals surface area contributed by atoms with Crippen molar-refractivity contribution in [3.63, 3.8) is 0 Å². The molecule has 1 fully saturated rings. The Kier molecular flexibility index (Phi) is 10.2.